The van der Waals surface area contributed by atoms with Gasteiger partial charge in [-0.2, -0.15) is 0 Å². The van der Waals surface area contributed by atoms with Crippen molar-refractivity contribution in [2.24, 2.45) is 0 Å². The summed E-state index contributed by atoms with van der Waals surface area (Å²) in [4.78, 5) is 15.1. The molecule has 3 nitrogen and oxygen atoms in total. The third kappa shape index (κ3) is 3.23. The van der Waals surface area contributed by atoms with Gasteiger partial charge in [-0.05, 0) is 24.6 Å². The molecule has 0 amide bonds. The van der Waals surface area contributed by atoms with Gasteiger partial charge < -0.3 is 4.74 Å². The Kier molecular flexibility index (Phi) is 3.96. The standard InChI is InChI=1S/C10H12NO2/c1-2-3-8-13-10(12)9-6-4-5-7-11-9/h5-7H,2-3,8H2,1H3. The van der Waals surface area contributed by atoms with Gasteiger partial charge in [0.15, 0.2) is 0 Å². The lowest BCUT2D eigenvalue weighted by Gasteiger charge is -2.01. The fourth-order valence-corrected chi connectivity index (χ4v) is 0.820. The molecule has 1 rings (SSSR count). The monoisotopic (exact) mass is 178 g/mol. The number of aromatic nitrogens is 1. The van der Waals surface area contributed by atoms with Gasteiger partial charge in [0.05, 0.1) is 6.61 Å². The van der Waals surface area contributed by atoms with Crippen molar-refractivity contribution < 1.29 is 9.53 Å². The molecule has 69 valence electrons. The van der Waals surface area contributed by atoms with Crippen LogP contribution in [0.2, 0.25) is 0 Å². The van der Waals surface area contributed by atoms with Crippen molar-refractivity contribution in [3.63, 3.8) is 0 Å². The maximum Gasteiger partial charge on any atom is 0.356 e. The third-order valence-electron chi connectivity index (χ3n) is 1.54. The first-order valence-electron chi connectivity index (χ1n) is 4.34. The van der Waals surface area contributed by atoms with E-state index in [0.29, 0.717) is 12.3 Å². The highest BCUT2D eigenvalue weighted by Gasteiger charge is 2.06. The summed E-state index contributed by atoms with van der Waals surface area (Å²) in [6, 6.07) is 5.93. The molecule has 1 aromatic rings. The van der Waals surface area contributed by atoms with E-state index < -0.39 is 0 Å². The summed E-state index contributed by atoms with van der Waals surface area (Å²) < 4.78 is 4.95. The highest BCUT2D eigenvalue weighted by Crippen LogP contribution is 1.97. The van der Waals surface area contributed by atoms with Gasteiger partial charge in [-0.1, -0.05) is 13.3 Å². The summed E-state index contributed by atoms with van der Waals surface area (Å²) in [6.07, 6.45) is 3.43. The number of esters is 1. The lowest BCUT2D eigenvalue weighted by Crippen LogP contribution is -2.07. The van der Waals surface area contributed by atoms with Gasteiger partial charge in [0.1, 0.15) is 5.69 Å². The van der Waals surface area contributed by atoms with Crippen molar-refractivity contribution in [3.8, 4) is 0 Å². The van der Waals surface area contributed by atoms with Gasteiger partial charge in [0, 0.05) is 6.20 Å². The van der Waals surface area contributed by atoms with Crippen LogP contribution >= 0.6 is 0 Å². The average Bonchev–Trinajstić information content (AvgIpc) is 2.19. The van der Waals surface area contributed by atoms with Gasteiger partial charge in [0.25, 0.3) is 0 Å². The second-order valence-corrected chi connectivity index (χ2v) is 2.63. The second kappa shape index (κ2) is 5.30. The van der Waals surface area contributed by atoms with E-state index in [2.05, 4.69) is 11.1 Å². The minimum Gasteiger partial charge on any atom is -0.461 e. The van der Waals surface area contributed by atoms with Gasteiger partial charge >= 0.3 is 5.97 Å². The normalized spacial score (nSPS) is 9.62. The molecule has 0 fully saturated rings. The highest BCUT2D eigenvalue weighted by atomic mass is 16.5. The molecule has 0 aromatic carbocycles. The van der Waals surface area contributed by atoms with Gasteiger partial charge in [-0.15, -0.1) is 0 Å². The van der Waals surface area contributed by atoms with Crippen LogP contribution in [0.15, 0.2) is 18.3 Å². The fraction of sp³-hybridized carbons (Fsp3) is 0.400. The summed E-state index contributed by atoms with van der Waals surface area (Å²) in [5, 5.41) is 0. The number of rotatable bonds is 4. The van der Waals surface area contributed by atoms with E-state index in [1.165, 1.54) is 12.3 Å². The zero-order chi connectivity index (χ0) is 9.52. The number of ether oxygens (including phenoxy) is 1. The number of hydrogen-bond acceptors (Lipinski definition) is 3. The molecule has 1 radical (unpaired) electrons. The Hall–Kier alpha value is -1.38. The van der Waals surface area contributed by atoms with Gasteiger partial charge in [-0.3, -0.25) is 0 Å². The van der Waals surface area contributed by atoms with Crippen LogP contribution in [0, 0.1) is 6.07 Å². The molecular weight excluding hydrogens is 166 g/mol. The van der Waals surface area contributed by atoms with Crippen molar-refractivity contribution in [3.05, 3.63) is 30.1 Å². The Morgan fingerprint density at radius 3 is 3.15 bits per heavy atom. The Morgan fingerprint density at radius 2 is 2.54 bits per heavy atom. The quantitative estimate of drug-likeness (QED) is 0.521. The predicted molar refractivity (Wildman–Crippen MR) is 48.3 cm³/mol. The maximum absolute atomic E-state index is 11.2. The van der Waals surface area contributed by atoms with Gasteiger partial charge in [-0.25, -0.2) is 9.78 Å². The van der Waals surface area contributed by atoms with E-state index in [4.69, 9.17) is 4.74 Å². The second-order valence-electron chi connectivity index (χ2n) is 2.63. The Morgan fingerprint density at radius 1 is 1.69 bits per heavy atom. The number of carbonyl (C=O) groups excluding carboxylic acids is 1. The summed E-state index contributed by atoms with van der Waals surface area (Å²) in [5.41, 5.74) is 0.318. The van der Waals surface area contributed by atoms with E-state index in [1.54, 1.807) is 6.07 Å². The van der Waals surface area contributed by atoms with E-state index in [0.717, 1.165) is 12.8 Å². The molecule has 0 saturated carbocycles. The molecule has 0 aliphatic rings. The van der Waals surface area contributed by atoms with E-state index in [9.17, 15) is 4.79 Å². The fourth-order valence-electron chi connectivity index (χ4n) is 0.820. The predicted octanol–water partition coefficient (Wildman–Crippen LogP) is 1.84. The van der Waals surface area contributed by atoms with Crippen molar-refractivity contribution in [1.29, 1.82) is 0 Å². The van der Waals surface area contributed by atoms with Crippen molar-refractivity contribution >= 4 is 5.97 Å². The number of unbranched alkanes of at least 4 members (excludes halogenated alkanes) is 1. The van der Waals surface area contributed by atoms with Crippen LogP contribution in [0.1, 0.15) is 30.3 Å². The molecular formula is C10H12NO2. The zero-order valence-corrected chi connectivity index (χ0v) is 7.62. The lowest BCUT2D eigenvalue weighted by molar-refractivity contribution is 0.0493. The summed E-state index contributed by atoms with van der Waals surface area (Å²) in [5.74, 6) is -0.370. The molecule has 0 bridgehead atoms. The number of pyridine rings is 1. The van der Waals surface area contributed by atoms with E-state index in [-0.39, 0.29) is 5.97 Å². The molecule has 1 aromatic heterocycles. The highest BCUT2D eigenvalue weighted by molar-refractivity contribution is 5.86. The molecule has 1 heterocycles. The minimum absolute atomic E-state index is 0.318. The zero-order valence-electron chi connectivity index (χ0n) is 7.62. The van der Waals surface area contributed by atoms with Crippen LogP contribution in [0.3, 0.4) is 0 Å². The molecule has 13 heavy (non-hydrogen) atoms. The van der Waals surface area contributed by atoms with Crippen LogP contribution in [0.5, 0.6) is 0 Å². The van der Waals surface area contributed by atoms with Crippen LogP contribution in [0.25, 0.3) is 0 Å². The topological polar surface area (TPSA) is 39.2 Å². The summed E-state index contributed by atoms with van der Waals surface area (Å²) >= 11 is 0. The minimum atomic E-state index is -0.370. The Balaban J connectivity index is 2.40. The van der Waals surface area contributed by atoms with Crippen LogP contribution in [-0.4, -0.2) is 17.6 Å². The van der Waals surface area contributed by atoms with E-state index >= 15 is 0 Å². The number of hydrogen-bond donors (Lipinski definition) is 0. The van der Waals surface area contributed by atoms with Crippen LogP contribution < -0.4 is 0 Å². The van der Waals surface area contributed by atoms with Crippen molar-refractivity contribution in [1.82, 2.24) is 4.98 Å². The SMILES string of the molecule is CCCCOC(=O)c1c[c]ccn1. The number of nitrogens with zero attached hydrogens (tertiary/aromatic N) is 1. The molecule has 0 atom stereocenters. The summed E-state index contributed by atoms with van der Waals surface area (Å²) in [7, 11) is 0. The van der Waals surface area contributed by atoms with Gasteiger partial charge in [0.2, 0.25) is 0 Å². The Bertz CT molecular complexity index is 259. The molecule has 0 N–H and O–H groups in total. The summed E-state index contributed by atoms with van der Waals surface area (Å²) in [6.45, 7) is 2.51. The largest absolute Gasteiger partial charge is 0.461 e. The van der Waals surface area contributed by atoms with Crippen LogP contribution in [0.4, 0.5) is 0 Å². The molecule has 0 aliphatic heterocycles. The first kappa shape index (κ1) is 9.71. The Labute approximate surface area is 77.8 Å². The molecule has 0 saturated heterocycles. The average molecular weight is 178 g/mol. The van der Waals surface area contributed by atoms with E-state index in [1.807, 2.05) is 6.92 Å². The maximum atomic E-state index is 11.2. The lowest BCUT2D eigenvalue weighted by atomic mass is 10.3. The molecule has 0 aliphatic carbocycles. The first-order valence-corrected chi connectivity index (χ1v) is 4.34. The molecule has 0 unspecified atom stereocenters. The smallest absolute Gasteiger partial charge is 0.356 e. The van der Waals surface area contributed by atoms with Crippen molar-refractivity contribution in [2.45, 2.75) is 19.8 Å². The van der Waals surface area contributed by atoms with Crippen molar-refractivity contribution in [2.75, 3.05) is 6.61 Å². The van der Waals surface area contributed by atoms with Crippen LogP contribution in [-0.2, 0) is 4.74 Å². The number of carbonyl (C=O) groups is 1. The third-order valence-corrected chi connectivity index (χ3v) is 1.54. The molecule has 3 heteroatoms. The molecule has 0 spiro atoms. The first-order chi connectivity index (χ1) is 6.34.